The molecule has 1 aromatic carbocycles. The molecule has 0 aliphatic carbocycles. The summed E-state index contributed by atoms with van der Waals surface area (Å²) in [5.41, 5.74) is 6.99. The van der Waals surface area contributed by atoms with Crippen LogP contribution in [0.4, 0.5) is 0 Å². The van der Waals surface area contributed by atoms with Crippen LogP contribution in [0.5, 0.6) is 0 Å². The minimum atomic E-state index is -0.439. The summed E-state index contributed by atoms with van der Waals surface area (Å²) < 4.78 is 12.2. The fraction of sp³-hybridized carbons (Fsp3) is 0.389. The van der Waals surface area contributed by atoms with Gasteiger partial charge in [0.15, 0.2) is 0 Å². The molecule has 0 atom stereocenters. The minimum Gasteiger partial charge on any atom is -0.400 e. The molecule has 5 heteroatoms. The van der Waals surface area contributed by atoms with E-state index in [2.05, 4.69) is 17.1 Å². The van der Waals surface area contributed by atoms with Gasteiger partial charge in [0.05, 0.1) is 16.9 Å². The molecular weight excluding hydrogens is 287 g/mol. The van der Waals surface area contributed by atoms with Crippen LogP contribution in [0.2, 0.25) is 0 Å². The molecule has 23 heavy (non-hydrogen) atoms. The normalized spacial score (nSPS) is 20.2. The molecule has 0 saturated carbocycles. The molecule has 3 rings (SSSR count). The van der Waals surface area contributed by atoms with Crippen LogP contribution in [0.3, 0.4) is 0 Å². The van der Waals surface area contributed by atoms with E-state index in [1.54, 1.807) is 0 Å². The molecule has 1 aliphatic heterocycles. The molecule has 2 heterocycles. The molecule has 4 nitrogen and oxygen atoms in total. The van der Waals surface area contributed by atoms with Crippen molar-refractivity contribution in [2.75, 3.05) is 6.54 Å². The van der Waals surface area contributed by atoms with Crippen molar-refractivity contribution in [1.82, 2.24) is 4.98 Å². The lowest BCUT2D eigenvalue weighted by atomic mass is 9.77. The molecule has 2 aromatic rings. The van der Waals surface area contributed by atoms with Crippen LogP contribution in [0.15, 0.2) is 42.0 Å². The van der Waals surface area contributed by atoms with Crippen molar-refractivity contribution in [3.63, 3.8) is 0 Å². The first-order valence-electron chi connectivity index (χ1n) is 7.94. The van der Waals surface area contributed by atoms with Gasteiger partial charge in [0.1, 0.15) is 0 Å². The zero-order valence-electron chi connectivity index (χ0n) is 14.2. The van der Waals surface area contributed by atoms with Gasteiger partial charge in [0.2, 0.25) is 0 Å². The monoisotopic (exact) mass is 310 g/mol. The average Bonchev–Trinajstić information content (AvgIpc) is 2.73. The second-order valence-corrected chi connectivity index (χ2v) is 6.93. The summed E-state index contributed by atoms with van der Waals surface area (Å²) in [7, 11) is -0.439. The summed E-state index contributed by atoms with van der Waals surface area (Å²) in [6.07, 6.45) is 3.80. The highest BCUT2D eigenvalue weighted by Crippen LogP contribution is 2.38. The first-order chi connectivity index (χ1) is 10.8. The molecule has 120 valence electrons. The summed E-state index contributed by atoms with van der Waals surface area (Å²) in [6.45, 7) is 8.52. The van der Waals surface area contributed by atoms with Crippen molar-refractivity contribution in [3.05, 3.63) is 47.7 Å². The Kier molecular flexibility index (Phi) is 4.04. The predicted octanol–water partition coefficient (Wildman–Crippen LogP) is 3.21. The third kappa shape index (κ3) is 2.92. The Morgan fingerprint density at radius 2 is 1.78 bits per heavy atom. The van der Waals surface area contributed by atoms with Gasteiger partial charge in [-0.15, -0.1) is 0 Å². The van der Waals surface area contributed by atoms with E-state index < -0.39 is 7.12 Å². The zero-order chi connectivity index (χ0) is 16.7. The highest BCUT2D eigenvalue weighted by Gasteiger charge is 2.52. The summed E-state index contributed by atoms with van der Waals surface area (Å²) in [5, 5.41) is 2.25. The van der Waals surface area contributed by atoms with Crippen LogP contribution in [0.25, 0.3) is 16.8 Å². The molecule has 0 bridgehead atoms. The Bertz CT molecular complexity index is 734. The number of nitrogens with zero attached hydrogens (tertiary/aromatic N) is 1. The maximum absolute atomic E-state index is 6.10. The van der Waals surface area contributed by atoms with E-state index in [9.17, 15) is 0 Å². The largest absolute Gasteiger partial charge is 0.491 e. The second kappa shape index (κ2) is 5.75. The molecule has 0 amide bonds. The van der Waals surface area contributed by atoms with Crippen LogP contribution < -0.4 is 5.73 Å². The van der Waals surface area contributed by atoms with Gasteiger partial charge in [-0.2, -0.15) is 0 Å². The van der Waals surface area contributed by atoms with Gasteiger partial charge in [-0.1, -0.05) is 24.3 Å². The van der Waals surface area contributed by atoms with Gasteiger partial charge in [-0.05, 0) is 50.7 Å². The number of aromatic nitrogens is 1. The highest BCUT2D eigenvalue weighted by molar-refractivity contribution is 6.56. The molecule has 1 aromatic heterocycles. The number of fused-ring (bicyclic) bond motifs is 1. The molecule has 2 N–H and O–H groups in total. The van der Waals surface area contributed by atoms with Crippen molar-refractivity contribution in [2.45, 2.75) is 38.9 Å². The Morgan fingerprint density at radius 3 is 2.43 bits per heavy atom. The standard InChI is InChI=1S/C18H23BN2O2/c1-17(2)18(3,4)23-19(22-17)14(12-20)11-16-15-8-6-5-7-13(15)9-10-21-16/h5-11H,12,20H2,1-4H3. The predicted molar refractivity (Wildman–Crippen MR) is 94.9 cm³/mol. The fourth-order valence-electron chi connectivity index (χ4n) is 2.65. The van der Waals surface area contributed by atoms with E-state index in [1.165, 1.54) is 0 Å². The van der Waals surface area contributed by atoms with Gasteiger partial charge in [-0.3, -0.25) is 4.98 Å². The van der Waals surface area contributed by atoms with Crippen molar-refractivity contribution >= 4 is 24.0 Å². The third-order valence-corrected chi connectivity index (χ3v) is 4.82. The summed E-state index contributed by atoms with van der Waals surface area (Å²) in [4.78, 5) is 4.50. The molecule has 0 unspecified atom stereocenters. The highest BCUT2D eigenvalue weighted by atomic mass is 16.7. The van der Waals surface area contributed by atoms with Gasteiger partial charge in [0, 0.05) is 18.1 Å². The van der Waals surface area contributed by atoms with E-state index in [0.29, 0.717) is 6.54 Å². The van der Waals surface area contributed by atoms with Crippen molar-refractivity contribution in [3.8, 4) is 0 Å². The Hall–Kier alpha value is -1.69. The lowest BCUT2D eigenvalue weighted by Gasteiger charge is -2.32. The molecule has 1 fully saturated rings. The van der Waals surface area contributed by atoms with Crippen LogP contribution in [-0.2, 0) is 9.31 Å². The first-order valence-corrected chi connectivity index (χ1v) is 7.94. The summed E-state index contributed by atoms with van der Waals surface area (Å²) in [6, 6.07) is 10.2. The van der Waals surface area contributed by atoms with Crippen LogP contribution in [0, 0.1) is 0 Å². The van der Waals surface area contributed by atoms with Gasteiger partial charge >= 0.3 is 7.12 Å². The van der Waals surface area contributed by atoms with E-state index in [4.69, 9.17) is 15.0 Å². The average molecular weight is 310 g/mol. The molecule has 0 spiro atoms. The number of hydrogen-bond donors (Lipinski definition) is 1. The van der Waals surface area contributed by atoms with Gasteiger partial charge in [-0.25, -0.2) is 0 Å². The maximum atomic E-state index is 6.10. The smallest absolute Gasteiger partial charge is 0.400 e. The van der Waals surface area contributed by atoms with E-state index in [-0.39, 0.29) is 11.2 Å². The Labute approximate surface area is 137 Å². The number of nitrogens with two attached hydrogens (primary N) is 1. The van der Waals surface area contributed by atoms with E-state index in [0.717, 1.165) is 21.9 Å². The Morgan fingerprint density at radius 1 is 1.13 bits per heavy atom. The molecular formula is C18H23BN2O2. The lowest BCUT2D eigenvalue weighted by Crippen LogP contribution is -2.41. The number of benzene rings is 1. The fourth-order valence-corrected chi connectivity index (χ4v) is 2.65. The van der Waals surface area contributed by atoms with Gasteiger partial charge < -0.3 is 15.0 Å². The topological polar surface area (TPSA) is 57.4 Å². The number of rotatable bonds is 3. The van der Waals surface area contributed by atoms with E-state index in [1.807, 2.05) is 58.2 Å². The van der Waals surface area contributed by atoms with Crippen molar-refractivity contribution in [1.29, 1.82) is 0 Å². The van der Waals surface area contributed by atoms with Crippen molar-refractivity contribution in [2.24, 2.45) is 5.73 Å². The van der Waals surface area contributed by atoms with Crippen LogP contribution in [0.1, 0.15) is 33.4 Å². The molecule has 1 aliphatic rings. The quantitative estimate of drug-likeness (QED) is 0.885. The van der Waals surface area contributed by atoms with Crippen molar-refractivity contribution < 1.29 is 9.31 Å². The lowest BCUT2D eigenvalue weighted by molar-refractivity contribution is 0.00578. The molecule has 0 radical (unpaired) electrons. The first kappa shape index (κ1) is 16.2. The molecule has 1 saturated heterocycles. The summed E-state index contributed by atoms with van der Waals surface area (Å²) >= 11 is 0. The Balaban J connectivity index is 1.99. The second-order valence-electron chi connectivity index (χ2n) is 6.93. The number of hydrogen-bond acceptors (Lipinski definition) is 4. The van der Waals surface area contributed by atoms with Crippen LogP contribution in [-0.4, -0.2) is 29.8 Å². The van der Waals surface area contributed by atoms with E-state index >= 15 is 0 Å². The zero-order valence-corrected chi connectivity index (χ0v) is 14.2. The summed E-state index contributed by atoms with van der Waals surface area (Å²) in [5.74, 6) is 0. The van der Waals surface area contributed by atoms with Crippen LogP contribution >= 0.6 is 0 Å². The number of pyridine rings is 1. The van der Waals surface area contributed by atoms with Gasteiger partial charge in [0.25, 0.3) is 0 Å². The third-order valence-electron chi connectivity index (χ3n) is 4.82. The SMILES string of the molecule is CC1(C)OB(C(=Cc2nccc3ccccc23)CN)OC1(C)C. The minimum absolute atomic E-state index is 0.363. The maximum Gasteiger partial charge on any atom is 0.491 e.